The molecular weight excluding hydrogens is 328 g/mol. The van der Waals surface area contributed by atoms with Crippen molar-refractivity contribution in [3.05, 3.63) is 63.6 Å². The van der Waals surface area contributed by atoms with Crippen LogP contribution in [-0.4, -0.2) is 24.9 Å². The number of benzene rings is 2. The highest BCUT2D eigenvalue weighted by molar-refractivity contribution is 9.10. The van der Waals surface area contributed by atoms with Crippen LogP contribution in [0.2, 0.25) is 0 Å². The smallest absolute Gasteiger partial charge is 0.255 e. The molecule has 0 saturated heterocycles. The van der Waals surface area contributed by atoms with Gasteiger partial charge in [0.2, 0.25) is 0 Å². The Kier molecular flexibility index (Phi) is 5.02. The molecule has 0 bridgehead atoms. The molecule has 0 aliphatic heterocycles. The molecule has 1 N–H and O–H groups in total. The number of carbonyl (C=O) groups excluding carboxylic acids is 1. The highest BCUT2D eigenvalue weighted by Gasteiger charge is 2.12. The van der Waals surface area contributed by atoms with Crippen LogP contribution < -0.4 is 5.32 Å². The van der Waals surface area contributed by atoms with Gasteiger partial charge in [-0.25, -0.2) is 0 Å². The predicted octanol–water partition coefficient (Wildman–Crippen LogP) is 4.07. The van der Waals surface area contributed by atoms with E-state index >= 15 is 0 Å². The van der Waals surface area contributed by atoms with Crippen LogP contribution in [0.15, 0.2) is 46.9 Å². The highest BCUT2D eigenvalue weighted by Crippen LogP contribution is 2.20. The number of aryl methyl sites for hydroxylation is 1. The van der Waals surface area contributed by atoms with Crippen molar-refractivity contribution in [2.75, 3.05) is 19.4 Å². The van der Waals surface area contributed by atoms with Gasteiger partial charge in [-0.2, -0.15) is 0 Å². The zero-order chi connectivity index (χ0) is 15.4. The second-order valence-corrected chi connectivity index (χ2v) is 6.04. The average molecular weight is 347 g/mol. The van der Waals surface area contributed by atoms with Crippen molar-refractivity contribution < 1.29 is 4.79 Å². The van der Waals surface area contributed by atoms with E-state index in [4.69, 9.17) is 0 Å². The van der Waals surface area contributed by atoms with Gasteiger partial charge < -0.3 is 10.2 Å². The van der Waals surface area contributed by atoms with Crippen molar-refractivity contribution in [1.82, 2.24) is 4.90 Å². The summed E-state index contributed by atoms with van der Waals surface area (Å²) in [7, 11) is 3.52. The molecule has 0 saturated carbocycles. The van der Waals surface area contributed by atoms with Crippen molar-refractivity contribution in [2.24, 2.45) is 0 Å². The fourth-order valence-electron chi connectivity index (χ4n) is 2.08. The first kappa shape index (κ1) is 15.6. The molecule has 2 aromatic rings. The number of carbonyl (C=O) groups is 1. The molecule has 0 radical (unpaired) electrons. The normalized spacial score (nSPS) is 10.3. The molecule has 0 unspecified atom stereocenters. The molecule has 3 nitrogen and oxygen atoms in total. The van der Waals surface area contributed by atoms with Gasteiger partial charge in [0, 0.05) is 30.8 Å². The Bertz CT molecular complexity index is 653. The van der Waals surface area contributed by atoms with Gasteiger partial charge in [0.15, 0.2) is 0 Å². The molecule has 2 aromatic carbocycles. The van der Waals surface area contributed by atoms with Crippen molar-refractivity contribution in [3.8, 4) is 0 Å². The Morgan fingerprint density at radius 3 is 2.57 bits per heavy atom. The van der Waals surface area contributed by atoms with Crippen molar-refractivity contribution >= 4 is 27.5 Å². The summed E-state index contributed by atoms with van der Waals surface area (Å²) in [6.07, 6.45) is 0. The molecule has 2 rings (SSSR count). The van der Waals surface area contributed by atoms with Gasteiger partial charge >= 0.3 is 0 Å². The molecule has 1 amide bonds. The Morgan fingerprint density at radius 2 is 1.90 bits per heavy atom. The third-order valence-electron chi connectivity index (χ3n) is 3.27. The molecule has 110 valence electrons. The second kappa shape index (κ2) is 6.76. The standard InChI is InChI=1S/C17H19BrN2O/c1-12-10-13(8-9-15(12)18)11-19-16-7-5-4-6-14(16)17(21)20(2)3/h4-10,19H,11H2,1-3H3. The van der Waals surface area contributed by atoms with Crippen LogP contribution in [0.25, 0.3) is 0 Å². The van der Waals surface area contributed by atoms with Crippen LogP contribution in [0, 0.1) is 6.92 Å². The van der Waals surface area contributed by atoms with E-state index < -0.39 is 0 Å². The lowest BCUT2D eigenvalue weighted by Crippen LogP contribution is -2.22. The summed E-state index contributed by atoms with van der Waals surface area (Å²) in [5.41, 5.74) is 3.93. The van der Waals surface area contributed by atoms with Gasteiger partial charge in [-0.3, -0.25) is 4.79 Å². The van der Waals surface area contributed by atoms with Crippen molar-refractivity contribution in [1.29, 1.82) is 0 Å². The quantitative estimate of drug-likeness (QED) is 0.904. The Morgan fingerprint density at radius 1 is 1.19 bits per heavy atom. The van der Waals surface area contributed by atoms with Crippen LogP contribution in [0.1, 0.15) is 21.5 Å². The highest BCUT2D eigenvalue weighted by atomic mass is 79.9. The van der Waals surface area contributed by atoms with E-state index in [0.29, 0.717) is 12.1 Å². The lowest BCUT2D eigenvalue weighted by atomic mass is 10.1. The van der Waals surface area contributed by atoms with Gasteiger partial charge in [0.25, 0.3) is 5.91 Å². The third kappa shape index (κ3) is 3.85. The van der Waals surface area contributed by atoms with Gasteiger partial charge in [-0.1, -0.05) is 40.2 Å². The van der Waals surface area contributed by atoms with Crippen LogP contribution in [0.4, 0.5) is 5.69 Å². The molecule has 0 fully saturated rings. The van der Waals surface area contributed by atoms with Crippen LogP contribution >= 0.6 is 15.9 Å². The number of amides is 1. The van der Waals surface area contributed by atoms with E-state index in [1.54, 1.807) is 19.0 Å². The number of rotatable bonds is 4. The minimum atomic E-state index is 0.00471. The molecule has 0 heterocycles. The summed E-state index contributed by atoms with van der Waals surface area (Å²) in [6, 6.07) is 13.8. The van der Waals surface area contributed by atoms with E-state index in [1.807, 2.05) is 30.3 Å². The Hall–Kier alpha value is -1.81. The summed E-state index contributed by atoms with van der Waals surface area (Å²) in [4.78, 5) is 13.7. The molecule has 0 aliphatic carbocycles. The van der Waals surface area contributed by atoms with E-state index in [0.717, 1.165) is 10.2 Å². The molecule has 21 heavy (non-hydrogen) atoms. The summed E-state index contributed by atoms with van der Waals surface area (Å²) >= 11 is 3.50. The fraction of sp³-hybridized carbons (Fsp3) is 0.235. The number of nitrogens with zero attached hydrogens (tertiary/aromatic N) is 1. The van der Waals surface area contributed by atoms with Gasteiger partial charge in [0.05, 0.1) is 5.56 Å². The maximum atomic E-state index is 12.2. The number of hydrogen-bond donors (Lipinski definition) is 1. The van der Waals surface area contributed by atoms with Crippen LogP contribution in [0.5, 0.6) is 0 Å². The monoisotopic (exact) mass is 346 g/mol. The van der Waals surface area contributed by atoms with Gasteiger partial charge in [0.1, 0.15) is 0 Å². The molecule has 0 aromatic heterocycles. The van der Waals surface area contributed by atoms with Crippen molar-refractivity contribution in [3.63, 3.8) is 0 Å². The number of hydrogen-bond acceptors (Lipinski definition) is 2. The number of para-hydroxylation sites is 1. The molecule has 0 aliphatic rings. The van der Waals surface area contributed by atoms with Gasteiger partial charge in [-0.15, -0.1) is 0 Å². The summed E-state index contributed by atoms with van der Waals surface area (Å²) in [5, 5.41) is 3.35. The fourth-order valence-corrected chi connectivity index (χ4v) is 2.33. The Labute approximate surface area is 134 Å². The topological polar surface area (TPSA) is 32.3 Å². The minimum absolute atomic E-state index is 0.00471. The van der Waals surface area contributed by atoms with Crippen LogP contribution in [0.3, 0.4) is 0 Å². The molecule has 4 heteroatoms. The van der Waals surface area contributed by atoms with E-state index in [9.17, 15) is 4.79 Å². The molecule has 0 atom stereocenters. The lowest BCUT2D eigenvalue weighted by Gasteiger charge is -2.15. The lowest BCUT2D eigenvalue weighted by molar-refractivity contribution is 0.0828. The second-order valence-electron chi connectivity index (χ2n) is 5.18. The minimum Gasteiger partial charge on any atom is -0.380 e. The third-order valence-corrected chi connectivity index (χ3v) is 4.16. The maximum Gasteiger partial charge on any atom is 0.255 e. The maximum absolute atomic E-state index is 12.2. The average Bonchev–Trinajstić information content (AvgIpc) is 2.48. The zero-order valence-corrected chi connectivity index (χ0v) is 14.1. The first-order chi connectivity index (χ1) is 9.99. The number of anilines is 1. The summed E-state index contributed by atoms with van der Waals surface area (Å²) < 4.78 is 1.11. The Balaban J connectivity index is 2.16. The first-order valence-corrected chi connectivity index (χ1v) is 7.58. The SMILES string of the molecule is Cc1cc(CNc2ccccc2C(=O)N(C)C)ccc1Br. The molecule has 0 spiro atoms. The van der Waals surface area contributed by atoms with E-state index in [2.05, 4.69) is 40.3 Å². The number of halogens is 1. The van der Waals surface area contributed by atoms with Crippen molar-refractivity contribution in [2.45, 2.75) is 13.5 Å². The van der Waals surface area contributed by atoms with E-state index in [-0.39, 0.29) is 5.91 Å². The van der Waals surface area contributed by atoms with Crippen LogP contribution in [-0.2, 0) is 6.54 Å². The van der Waals surface area contributed by atoms with E-state index in [1.165, 1.54) is 11.1 Å². The van der Waals surface area contributed by atoms with Gasteiger partial charge in [-0.05, 0) is 36.2 Å². The summed E-state index contributed by atoms with van der Waals surface area (Å²) in [6.45, 7) is 2.75. The number of nitrogens with one attached hydrogen (secondary N) is 1. The first-order valence-electron chi connectivity index (χ1n) is 6.78. The largest absolute Gasteiger partial charge is 0.380 e. The molecular formula is C17H19BrN2O. The predicted molar refractivity (Wildman–Crippen MR) is 90.7 cm³/mol. The summed E-state index contributed by atoms with van der Waals surface area (Å²) in [5.74, 6) is 0.00471. The zero-order valence-electron chi connectivity index (χ0n) is 12.5.